The number of hydrogen-bond acceptors (Lipinski definition) is 2. The molecular weight excluding hydrogens is 293 g/mol. The molecule has 1 aliphatic rings. The van der Waals surface area contributed by atoms with Crippen LogP contribution in [0.2, 0.25) is 0 Å². The molecular formula is C18H16FN3O. The van der Waals surface area contributed by atoms with Crippen LogP contribution in [-0.4, -0.2) is 15.9 Å². The minimum atomic E-state index is -0.211. The molecule has 0 unspecified atom stereocenters. The molecule has 2 aromatic heterocycles. The minimum Gasteiger partial charge on any atom is -0.354 e. The van der Waals surface area contributed by atoms with E-state index < -0.39 is 0 Å². The van der Waals surface area contributed by atoms with Crippen molar-refractivity contribution in [3.63, 3.8) is 0 Å². The van der Waals surface area contributed by atoms with Crippen LogP contribution < -0.4 is 5.32 Å². The summed E-state index contributed by atoms with van der Waals surface area (Å²) in [4.78, 5) is 19.4. The van der Waals surface area contributed by atoms with Crippen LogP contribution >= 0.6 is 0 Å². The second-order valence-electron chi connectivity index (χ2n) is 6.07. The van der Waals surface area contributed by atoms with Crippen LogP contribution in [0.3, 0.4) is 0 Å². The number of anilines is 1. The largest absolute Gasteiger partial charge is 0.354 e. The van der Waals surface area contributed by atoms with Crippen molar-refractivity contribution in [1.82, 2.24) is 9.97 Å². The van der Waals surface area contributed by atoms with Gasteiger partial charge in [0.1, 0.15) is 11.6 Å². The number of H-pyrrole nitrogens is 1. The third-order valence-corrected chi connectivity index (χ3v) is 4.17. The van der Waals surface area contributed by atoms with E-state index in [1.54, 1.807) is 19.2 Å². The van der Waals surface area contributed by atoms with Gasteiger partial charge in [-0.2, -0.15) is 0 Å². The van der Waals surface area contributed by atoms with Gasteiger partial charge in [0.05, 0.1) is 5.52 Å². The van der Waals surface area contributed by atoms with Crippen LogP contribution in [0, 0.1) is 18.7 Å². The average molecular weight is 309 g/mol. The van der Waals surface area contributed by atoms with E-state index >= 15 is 0 Å². The van der Waals surface area contributed by atoms with Gasteiger partial charge in [0.2, 0.25) is 5.91 Å². The molecule has 1 aliphatic carbocycles. The Hall–Kier alpha value is -2.69. The smallest absolute Gasteiger partial charge is 0.228 e. The standard InChI is InChI=1S/C18H16FN3O/c1-10-6-12(4-5-14(10)19)15-7-13-9-20-17(8-16(13)21-15)22-18(23)11-2-3-11/h4-9,11,21H,2-3H2,1H3,(H,20,22,23). The predicted octanol–water partition coefficient (Wildman–Crippen LogP) is 4.03. The van der Waals surface area contributed by atoms with E-state index in [0.29, 0.717) is 11.4 Å². The van der Waals surface area contributed by atoms with E-state index in [-0.39, 0.29) is 17.6 Å². The number of nitrogens with zero attached hydrogens (tertiary/aromatic N) is 1. The zero-order valence-electron chi connectivity index (χ0n) is 12.7. The highest BCUT2D eigenvalue weighted by atomic mass is 19.1. The Kier molecular flexibility index (Phi) is 3.15. The molecule has 2 heterocycles. The molecule has 5 heteroatoms. The number of fused-ring (bicyclic) bond motifs is 1. The molecule has 0 radical (unpaired) electrons. The summed E-state index contributed by atoms with van der Waals surface area (Å²) in [5, 5.41) is 3.79. The molecule has 4 rings (SSSR count). The summed E-state index contributed by atoms with van der Waals surface area (Å²) in [6.07, 6.45) is 3.66. The second-order valence-corrected chi connectivity index (χ2v) is 6.07. The van der Waals surface area contributed by atoms with Gasteiger partial charge in [0.15, 0.2) is 0 Å². The lowest BCUT2D eigenvalue weighted by atomic mass is 10.1. The molecule has 3 aromatic rings. The molecule has 4 nitrogen and oxygen atoms in total. The molecule has 116 valence electrons. The van der Waals surface area contributed by atoms with E-state index in [1.165, 1.54) is 6.07 Å². The minimum absolute atomic E-state index is 0.0396. The van der Waals surface area contributed by atoms with Crippen molar-refractivity contribution in [2.24, 2.45) is 5.92 Å². The lowest BCUT2D eigenvalue weighted by Crippen LogP contribution is -2.14. The topological polar surface area (TPSA) is 57.8 Å². The third-order valence-electron chi connectivity index (χ3n) is 4.17. The number of carbonyl (C=O) groups is 1. The number of benzene rings is 1. The van der Waals surface area contributed by atoms with Crippen molar-refractivity contribution in [2.75, 3.05) is 5.32 Å². The fourth-order valence-electron chi connectivity index (χ4n) is 2.64. The number of pyridine rings is 1. The Labute approximate surface area is 132 Å². The monoisotopic (exact) mass is 309 g/mol. The number of nitrogens with one attached hydrogen (secondary N) is 2. The van der Waals surface area contributed by atoms with Crippen molar-refractivity contribution >= 4 is 22.6 Å². The van der Waals surface area contributed by atoms with Gasteiger partial charge in [-0.15, -0.1) is 0 Å². The fourth-order valence-corrected chi connectivity index (χ4v) is 2.64. The Morgan fingerprint density at radius 1 is 1.30 bits per heavy atom. The van der Waals surface area contributed by atoms with E-state index in [9.17, 15) is 9.18 Å². The number of carbonyl (C=O) groups excluding carboxylic acids is 1. The maximum atomic E-state index is 13.4. The van der Waals surface area contributed by atoms with E-state index in [0.717, 1.165) is 35.0 Å². The van der Waals surface area contributed by atoms with Crippen molar-refractivity contribution in [3.8, 4) is 11.3 Å². The van der Waals surface area contributed by atoms with Crippen LogP contribution in [0.5, 0.6) is 0 Å². The molecule has 2 N–H and O–H groups in total. The molecule has 0 bridgehead atoms. The Morgan fingerprint density at radius 2 is 2.13 bits per heavy atom. The van der Waals surface area contributed by atoms with Crippen LogP contribution in [0.1, 0.15) is 18.4 Å². The van der Waals surface area contributed by atoms with Crippen molar-refractivity contribution in [3.05, 3.63) is 47.9 Å². The van der Waals surface area contributed by atoms with Gasteiger partial charge in [-0.1, -0.05) is 0 Å². The molecule has 1 amide bonds. The first-order valence-electron chi connectivity index (χ1n) is 7.66. The Bertz CT molecular complexity index is 912. The summed E-state index contributed by atoms with van der Waals surface area (Å²) in [6.45, 7) is 1.74. The van der Waals surface area contributed by atoms with E-state index in [1.807, 2.05) is 18.2 Å². The number of amides is 1. The Morgan fingerprint density at radius 3 is 2.87 bits per heavy atom. The normalized spacial score (nSPS) is 14.2. The second kappa shape index (κ2) is 5.19. The molecule has 1 fully saturated rings. The number of aromatic amines is 1. The lowest BCUT2D eigenvalue weighted by Gasteiger charge is -2.02. The summed E-state index contributed by atoms with van der Waals surface area (Å²) in [6, 6.07) is 8.83. The maximum Gasteiger partial charge on any atom is 0.228 e. The molecule has 1 saturated carbocycles. The summed E-state index contributed by atoms with van der Waals surface area (Å²) >= 11 is 0. The highest BCUT2D eigenvalue weighted by Gasteiger charge is 2.29. The highest BCUT2D eigenvalue weighted by molar-refractivity contribution is 5.95. The summed E-state index contributed by atoms with van der Waals surface area (Å²) in [5.74, 6) is 0.529. The molecule has 0 aliphatic heterocycles. The fraction of sp³-hybridized carbons (Fsp3) is 0.222. The number of halogens is 1. The SMILES string of the molecule is Cc1cc(-c2cc3cnc(NC(=O)C4CC4)cc3[nH]2)ccc1F. The van der Waals surface area contributed by atoms with Crippen LogP contribution in [-0.2, 0) is 4.79 Å². The first-order valence-corrected chi connectivity index (χ1v) is 7.66. The average Bonchev–Trinajstić information content (AvgIpc) is 3.30. The summed E-state index contributed by atoms with van der Waals surface area (Å²) in [7, 11) is 0. The van der Waals surface area contributed by atoms with Gasteiger partial charge in [-0.3, -0.25) is 4.79 Å². The van der Waals surface area contributed by atoms with Crippen LogP contribution in [0.4, 0.5) is 10.2 Å². The molecule has 1 aromatic carbocycles. The zero-order chi connectivity index (χ0) is 16.0. The van der Waals surface area contributed by atoms with Crippen molar-refractivity contribution in [1.29, 1.82) is 0 Å². The molecule has 0 saturated heterocycles. The Balaban J connectivity index is 1.66. The van der Waals surface area contributed by atoms with Gasteiger partial charge in [0.25, 0.3) is 0 Å². The van der Waals surface area contributed by atoms with Gasteiger partial charge in [0, 0.05) is 29.3 Å². The van der Waals surface area contributed by atoms with Crippen molar-refractivity contribution in [2.45, 2.75) is 19.8 Å². The number of aromatic nitrogens is 2. The van der Waals surface area contributed by atoms with Gasteiger partial charge < -0.3 is 10.3 Å². The predicted molar refractivity (Wildman–Crippen MR) is 87.6 cm³/mol. The first kappa shape index (κ1) is 13.9. The number of hydrogen-bond donors (Lipinski definition) is 2. The maximum absolute atomic E-state index is 13.4. The quantitative estimate of drug-likeness (QED) is 0.767. The highest BCUT2D eigenvalue weighted by Crippen LogP contribution is 2.31. The first-order chi connectivity index (χ1) is 11.1. The van der Waals surface area contributed by atoms with Crippen molar-refractivity contribution < 1.29 is 9.18 Å². The van der Waals surface area contributed by atoms with Crippen LogP contribution in [0.15, 0.2) is 36.5 Å². The molecule has 0 atom stereocenters. The van der Waals surface area contributed by atoms with Gasteiger partial charge >= 0.3 is 0 Å². The van der Waals surface area contributed by atoms with Crippen LogP contribution in [0.25, 0.3) is 22.2 Å². The summed E-state index contributed by atoms with van der Waals surface area (Å²) in [5.41, 5.74) is 3.32. The van der Waals surface area contributed by atoms with Gasteiger partial charge in [-0.25, -0.2) is 9.37 Å². The molecule has 0 spiro atoms. The number of aryl methyl sites for hydroxylation is 1. The number of rotatable bonds is 3. The molecule has 23 heavy (non-hydrogen) atoms. The van der Waals surface area contributed by atoms with E-state index in [4.69, 9.17) is 0 Å². The van der Waals surface area contributed by atoms with Gasteiger partial charge in [-0.05, 0) is 55.2 Å². The third kappa shape index (κ3) is 2.70. The summed E-state index contributed by atoms with van der Waals surface area (Å²) < 4.78 is 13.4. The van der Waals surface area contributed by atoms with E-state index in [2.05, 4.69) is 15.3 Å². The zero-order valence-corrected chi connectivity index (χ0v) is 12.7. The lowest BCUT2D eigenvalue weighted by molar-refractivity contribution is -0.117.